The van der Waals surface area contributed by atoms with Crippen LogP contribution in [0.1, 0.15) is 5.69 Å². The van der Waals surface area contributed by atoms with Gasteiger partial charge in [0.25, 0.3) is 0 Å². The van der Waals surface area contributed by atoms with E-state index in [4.69, 9.17) is 11.6 Å². The number of nitrogens with zero attached hydrogens (tertiary/aromatic N) is 2. The summed E-state index contributed by atoms with van der Waals surface area (Å²) in [5.41, 5.74) is 1.36. The maximum Gasteiger partial charge on any atom is 0.177 e. The van der Waals surface area contributed by atoms with Gasteiger partial charge in [-0.2, -0.15) is 0 Å². The number of aliphatic hydroxyl groups excluding tert-OH is 1. The Hall–Kier alpha value is -1.57. The van der Waals surface area contributed by atoms with Crippen molar-refractivity contribution in [2.24, 2.45) is 4.99 Å². The molecule has 1 aromatic heterocycles. The number of aliphatic hydroxyl groups is 1. The van der Waals surface area contributed by atoms with E-state index in [0.29, 0.717) is 29.2 Å². The third-order valence-corrected chi connectivity index (χ3v) is 5.28. The molecule has 2 heterocycles. The zero-order valence-corrected chi connectivity index (χ0v) is 14.3. The Labute approximate surface area is 139 Å². The van der Waals surface area contributed by atoms with Gasteiger partial charge < -0.3 is 15.0 Å². The number of rotatable bonds is 5. The molecule has 0 radical (unpaired) electrons. The minimum absolute atomic E-state index is 0.132. The number of aliphatic imine (C=N–C) groups is 1. The van der Waals surface area contributed by atoms with Gasteiger partial charge in [0.05, 0.1) is 23.5 Å². The van der Waals surface area contributed by atoms with Gasteiger partial charge in [-0.3, -0.25) is 4.99 Å². The third kappa shape index (κ3) is 3.08. The lowest BCUT2D eigenvalue weighted by Gasteiger charge is -2.11. The second kappa shape index (κ2) is 6.14. The Bertz CT molecular complexity index is 887. The van der Waals surface area contributed by atoms with E-state index >= 15 is 0 Å². The Morgan fingerprint density at radius 2 is 2.22 bits per heavy atom. The van der Waals surface area contributed by atoms with Crippen LogP contribution >= 0.6 is 11.6 Å². The molecule has 3 rings (SSSR count). The van der Waals surface area contributed by atoms with E-state index in [0.717, 1.165) is 17.9 Å². The second-order valence-corrected chi connectivity index (χ2v) is 7.91. The van der Waals surface area contributed by atoms with Crippen molar-refractivity contribution in [1.82, 2.24) is 9.88 Å². The molecular weight excluding hydrogens is 338 g/mol. The van der Waals surface area contributed by atoms with Gasteiger partial charge in [0.2, 0.25) is 0 Å². The van der Waals surface area contributed by atoms with Crippen molar-refractivity contribution >= 4 is 38.2 Å². The number of sulfone groups is 1. The van der Waals surface area contributed by atoms with E-state index in [1.165, 1.54) is 6.26 Å². The normalized spacial score (nSPS) is 15.0. The predicted molar refractivity (Wildman–Crippen MR) is 91.2 cm³/mol. The Kier molecular flexibility index (Phi) is 4.35. The van der Waals surface area contributed by atoms with Crippen LogP contribution in [0.5, 0.6) is 0 Å². The lowest BCUT2D eigenvalue weighted by Crippen LogP contribution is -2.24. The van der Waals surface area contributed by atoms with E-state index in [1.54, 1.807) is 12.1 Å². The van der Waals surface area contributed by atoms with Crippen LogP contribution in [0.4, 0.5) is 0 Å². The van der Waals surface area contributed by atoms with Gasteiger partial charge in [0, 0.05) is 41.9 Å². The van der Waals surface area contributed by atoms with Gasteiger partial charge in [-0.1, -0.05) is 11.6 Å². The van der Waals surface area contributed by atoms with Gasteiger partial charge in [0.1, 0.15) is 5.84 Å². The largest absolute Gasteiger partial charge is 0.396 e. The van der Waals surface area contributed by atoms with Crippen molar-refractivity contribution in [3.63, 3.8) is 0 Å². The minimum atomic E-state index is -3.46. The number of hydrogen-bond donors (Lipinski definition) is 2. The predicted octanol–water partition coefficient (Wildman–Crippen LogP) is 1.23. The lowest BCUT2D eigenvalue weighted by molar-refractivity contribution is 0.296. The first-order valence-electron chi connectivity index (χ1n) is 7.30. The highest BCUT2D eigenvalue weighted by atomic mass is 35.5. The lowest BCUT2D eigenvalue weighted by atomic mass is 10.2. The van der Waals surface area contributed by atoms with Gasteiger partial charge >= 0.3 is 0 Å². The molecule has 0 saturated heterocycles. The molecule has 1 aliphatic heterocycles. The number of hydrogen-bond acceptors (Lipinski definition) is 5. The Balaban J connectivity index is 2.29. The summed E-state index contributed by atoms with van der Waals surface area (Å²) in [6.45, 7) is 1.82. The molecule has 1 aliphatic rings. The molecule has 124 valence electrons. The summed E-state index contributed by atoms with van der Waals surface area (Å²) in [5.74, 6) is 0.816. The molecule has 0 spiro atoms. The van der Waals surface area contributed by atoms with Crippen LogP contribution in [0.3, 0.4) is 0 Å². The molecule has 8 heteroatoms. The summed E-state index contributed by atoms with van der Waals surface area (Å²) >= 11 is 6.06. The molecule has 6 nitrogen and oxygen atoms in total. The van der Waals surface area contributed by atoms with Crippen LogP contribution < -0.4 is 5.32 Å². The van der Waals surface area contributed by atoms with Crippen LogP contribution in [-0.4, -0.2) is 49.9 Å². The molecule has 0 unspecified atom stereocenters. The first-order chi connectivity index (χ1) is 10.9. The second-order valence-electron chi connectivity index (χ2n) is 5.52. The van der Waals surface area contributed by atoms with E-state index < -0.39 is 9.84 Å². The Morgan fingerprint density at radius 3 is 2.83 bits per heavy atom. The molecule has 0 bridgehead atoms. The molecular formula is C15H18ClN3O3S. The standard InChI is InChI=1S/C15H18ClN3O3S/c1-23(21,22)15-11-8-10(16)2-3-12(11)19(13(15)4-7-20)9-14-17-5-6-18-14/h2-3,8,20H,4-7,9H2,1H3,(H,17,18). The number of halogens is 1. The summed E-state index contributed by atoms with van der Waals surface area (Å²) in [4.78, 5) is 4.61. The fourth-order valence-electron chi connectivity index (χ4n) is 3.00. The van der Waals surface area contributed by atoms with E-state index in [2.05, 4.69) is 10.3 Å². The first kappa shape index (κ1) is 16.3. The van der Waals surface area contributed by atoms with Crippen LogP contribution in [0.2, 0.25) is 5.02 Å². The quantitative estimate of drug-likeness (QED) is 0.845. The fraction of sp³-hybridized carbons (Fsp3) is 0.400. The van der Waals surface area contributed by atoms with Gasteiger partial charge in [-0.25, -0.2) is 8.42 Å². The molecule has 2 aromatic rings. The van der Waals surface area contributed by atoms with Crippen molar-refractivity contribution in [2.45, 2.75) is 17.9 Å². The zero-order chi connectivity index (χ0) is 16.6. The smallest absolute Gasteiger partial charge is 0.177 e. The highest BCUT2D eigenvalue weighted by Gasteiger charge is 2.25. The highest BCUT2D eigenvalue weighted by Crippen LogP contribution is 2.32. The maximum absolute atomic E-state index is 12.3. The molecule has 0 atom stereocenters. The molecule has 23 heavy (non-hydrogen) atoms. The number of nitrogens with one attached hydrogen (secondary N) is 1. The monoisotopic (exact) mass is 355 g/mol. The molecule has 1 aromatic carbocycles. The van der Waals surface area contributed by atoms with Crippen LogP contribution in [0.15, 0.2) is 28.1 Å². The number of amidine groups is 1. The van der Waals surface area contributed by atoms with E-state index in [1.807, 2.05) is 10.6 Å². The topological polar surface area (TPSA) is 83.7 Å². The van der Waals surface area contributed by atoms with Crippen molar-refractivity contribution in [2.75, 3.05) is 26.0 Å². The van der Waals surface area contributed by atoms with Gasteiger partial charge in [0.15, 0.2) is 9.84 Å². The summed E-state index contributed by atoms with van der Waals surface area (Å²) in [7, 11) is -3.46. The molecule has 0 saturated carbocycles. The number of fused-ring (bicyclic) bond motifs is 1. The van der Waals surface area contributed by atoms with Crippen LogP contribution in [0, 0.1) is 0 Å². The van der Waals surface area contributed by atoms with Crippen molar-refractivity contribution in [1.29, 1.82) is 0 Å². The summed E-state index contributed by atoms with van der Waals surface area (Å²) in [5, 5.41) is 13.6. The summed E-state index contributed by atoms with van der Waals surface area (Å²) in [6.07, 6.45) is 1.43. The number of benzene rings is 1. The molecule has 0 fully saturated rings. The SMILES string of the molecule is CS(=O)(=O)c1c(CCO)n(CC2=NCCN2)c2ccc(Cl)cc12. The average Bonchev–Trinajstić information content (AvgIpc) is 3.06. The minimum Gasteiger partial charge on any atom is -0.396 e. The van der Waals surface area contributed by atoms with Crippen molar-refractivity contribution in [3.05, 3.63) is 28.9 Å². The van der Waals surface area contributed by atoms with Gasteiger partial charge in [-0.15, -0.1) is 0 Å². The fourth-order valence-corrected chi connectivity index (χ4v) is 4.38. The molecule has 2 N–H and O–H groups in total. The molecule has 0 amide bonds. The van der Waals surface area contributed by atoms with Crippen molar-refractivity contribution < 1.29 is 13.5 Å². The van der Waals surface area contributed by atoms with Crippen molar-refractivity contribution in [3.8, 4) is 0 Å². The van der Waals surface area contributed by atoms with E-state index in [9.17, 15) is 13.5 Å². The zero-order valence-electron chi connectivity index (χ0n) is 12.7. The van der Waals surface area contributed by atoms with E-state index in [-0.39, 0.29) is 17.9 Å². The first-order valence-corrected chi connectivity index (χ1v) is 9.57. The van der Waals surface area contributed by atoms with Gasteiger partial charge in [-0.05, 0) is 18.2 Å². The average molecular weight is 356 g/mol. The maximum atomic E-state index is 12.3. The Morgan fingerprint density at radius 1 is 1.43 bits per heavy atom. The number of aromatic nitrogens is 1. The van der Waals surface area contributed by atoms with Crippen LogP contribution in [-0.2, 0) is 22.8 Å². The highest BCUT2D eigenvalue weighted by molar-refractivity contribution is 7.91. The third-order valence-electron chi connectivity index (χ3n) is 3.85. The van der Waals surface area contributed by atoms with Crippen LogP contribution in [0.25, 0.3) is 10.9 Å². The summed E-state index contributed by atoms with van der Waals surface area (Å²) in [6, 6.07) is 5.20. The summed E-state index contributed by atoms with van der Waals surface area (Å²) < 4.78 is 26.5. The molecule has 0 aliphatic carbocycles.